The van der Waals surface area contributed by atoms with Crippen molar-refractivity contribution < 1.29 is 9.53 Å². The number of hydrogen-bond donors (Lipinski definition) is 1. The molecule has 0 spiro atoms. The van der Waals surface area contributed by atoms with Crippen molar-refractivity contribution in [3.8, 4) is 5.75 Å². The van der Waals surface area contributed by atoms with Crippen LogP contribution in [0.4, 0.5) is 5.82 Å². The first-order chi connectivity index (χ1) is 9.74. The number of pyridine rings is 1. The van der Waals surface area contributed by atoms with Crippen LogP contribution in [0.2, 0.25) is 0 Å². The number of halogens is 1. The highest BCUT2D eigenvalue weighted by molar-refractivity contribution is 14.1. The number of carbonyl (C=O) groups excluding carboxylic acids is 1. The van der Waals surface area contributed by atoms with Gasteiger partial charge >= 0.3 is 0 Å². The molecule has 0 bridgehead atoms. The zero-order valence-corrected chi connectivity index (χ0v) is 12.8. The highest BCUT2D eigenvalue weighted by atomic mass is 127. The first kappa shape index (κ1) is 13.4. The molecule has 1 aromatic heterocycles. The fourth-order valence-corrected chi connectivity index (χ4v) is 2.60. The Balaban J connectivity index is 1.80. The van der Waals surface area contributed by atoms with Gasteiger partial charge in [0, 0.05) is 15.3 Å². The Hall–Kier alpha value is -1.63. The number of carbonyl (C=O) groups is 1. The molecular formula is C15H13IN2O2. The van der Waals surface area contributed by atoms with Crippen molar-refractivity contribution in [3.63, 3.8) is 0 Å². The van der Waals surface area contributed by atoms with Crippen molar-refractivity contribution in [3.05, 3.63) is 51.7 Å². The highest BCUT2D eigenvalue weighted by Crippen LogP contribution is 2.33. The lowest BCUT2D eigenvalue weighted by Gasteiger charge is -2.24. The normalized spacial score (nSPS) is 16.9. The Kier molecular flexibility index (Phi) is 3.86. The van der Waals surface area contributed by atoms with Crippen LogP contribution in [-0.4, -0.2) is 17.5 Å². The molecule has 2 heterocycles. The summed E-state index contributed by atoms with van der Waals surface area (Å²) in [5.41, 5.74) is 0.946. The maximum atomic E-state index is 12.4. The zero-order chi connectivity index (χ0) is 13.9. The van der Waals surface area contributed by atoms with Crippen LogP contribution in [0.5, 0.6) is 5.75 Å². The van der Waals surface area contributed by atoms with E-state index in [4.69, 9.17) is 4.74 Å². The van der Waals surface area contributed by atoms with Gasteiger partial charge in [-0.2, -0.15) is 0 Å². The molecular weight excluding hydrogens is 367 g/mol. The zero-order valence-electron chi connectivity index (χ0n) is 10.7. The van der Waals surface area contributed by atoms with E-state index in [0.717, 1.165) is 14.9 Å². The van der Waals surface area contributed by atoms with Crippen LogP contribution in [-0.2, 0) is 4.79 Å². The van der Waals surface area contributed by atoms with Crippen LogP contribution in [0.3, 0.4) is 0 Å². The van der Waals surface area contributed by atoms with Crippen molar-refractivity contribution in [2.45, 2.75) is 12.3 Å². The molecule has 2 aromatic rings. The second kappa shape index (κ2) is 5.78. The Bertz CT molecular complexity index is 628. The van der Waals surface area contributed by atoms with E-state index in [1.165, 1.54) is 0 Å². The number of benzene rings is 1. The maximum Gasteiger partial charge on any atom is 0.233 e. The summed E-state index contributed by atoms with van der Waals surface area (Å²) in [6.07, 6.45) is 2.42. The van der Waals surface area contributed by atoms with E-state index in [9.17, 15) is 4.79 Å². The molecule has 1 aliphatic heterocycles. The Labute approximate surface area is 130 Å². The third-order valence-corrected chi connectivity index (χ3v) is 3.89. The summed E-state index contributed by atoms with van der Waals surface area (Å²) in [6, 6.07) is 11.4. The number of aromatic nitrogens is 1. The van der Waals surface area contributed by atoms with E-state index in [0.29, 0.717) is 18.8 Å². The molecule has 20 heavy (non-hydrogen) atoms. The smallest absolute Gasteiger partial charge is 0.233 e. The molecule has 0 saturated heterocycles. The number of fused-ring (bicyclic) bond motifs is 1. The van der Waals surface area contributed by atoms with Crippen molar-refractivity contribution in [1.82, 2.24) is 4.98 Å². The van der Waals surface area contributed by atoms with Crippen LogP contribution < -0.4 is 10.1 Å². The quantitative estimate of drug-likeness (QED) is 0.815. The van der Waals surface area contributed by atoms with E-state index < -0.39 is 0 Å². The first-order valence-electron chi connectivity index (χ1n) is 6.38. The van der Waals surface area contributed by atoms with Crippen molar-refractivity contribution in [2.24, 2.45) is 0 Å². The van der Waals surface area contributed by atoms with E-state index in [2.05, 4.69) is 32.9 Å². The van der Waals surface area contributed by atoms with Gasteiger partial charge in [0.15, 0.2) is 0 Å². The summed E-state index contributed by atoms with van der Waals surface area (Å²) >= 11 is 2.18. The van der Waals surface area contributed by atoms with Crippen LogP contribution in [0, 0.1) is 3.57 Å². The Morgan fingerprint density at radius 1 is 1.30 bits per heavy atom. The van der Waals surface area contributed by atoms with Gasteiger partial charge in [0.25, 0.3) is 0 Å². The van der Waals surface area contributed by atoms with Crippen molar-refractivity contribution in [2.75, 3.05) is 11.9 Å². The van der Waals surface area contributed by atoms with Crippen molar-refractivity contribution >= 4 is 34.3 Å². The molecule has 0 fully saturated rings. The second-order valence-electron chi connectivity index (χ2n) is 4.58. The van der Waals surface area contributed by atoms with Gasteiger partial charge in [0.05, 0.1) is 12.5 Å². The molecule has 3 rings (SSSR count). The molecule has 1 aromatic carbocycles. The van der Waals surface area contributed by atoms with Gasteiger partial charge < -0.3 is 10.1 Å². The minimum atomic E-state index is -0.180. The van der Waals surface area contributed by atoms with Gasteiger partial charge in [-0.1, -0.05) is 18.2 Å². The number of nitrogens with one attached hydrogen (secondary N) is 1. The van der Waals surface area contributed by atoms with Gasteiger partial charge in [-0.15, -0.1) is 0 Å². The number of hydrogen-bond acceptors (Lipinski definition) is 3. The third-order valence-electron chi connectivity index (χ3n) is 3.25. The fourth-order valence-electron chi connectivity index (χ4n) is 2.28. The Morgan fingerprint density at radius 3 is 2.95 bits per heavy atom. The highest BCUT2D eigenvalue weighted by Gasteiger charge is 2.27. The van der Waals surface area contributed by atoms with Gasteiger partial charge in [-0.25, -0.2) is 4.98 Å². The molecule has 0 aliphatic carbocycles. The molecule has 4 nitrogen and oxygen atoms in total. The number of rotatable bonds is 2. The average molecular weight is 380 g/mol. The summed E-state index contributed by atoms with van der Waals surface area (Å²) in [5.74, 6) is 1.17. The molecule has 0 saturated carbocycles. The largest absolute Gasteiger partial charge is 0.493 e. The van der Waals surface area contributed by atoms with Crippen molar-refractivity contribution in [1.29, 1.82) is 0 Å². The monoisotopic (exact) mass is 380 g/mol. The van der Waals surface area contributed by atoms with Gasteiger partial charge in [0.2, 0.25) is 5.91 Å². The lowest BCUT2D eigenvalue weighted by Crippen LogP contribution is -2.26. The first-order valence-corrected chi connectivity index (χ1v) is 7.46. The third kappa shape index (κ3) is 2.77. The van der Waals surface area contributed by atoms with Crippen LogP contribution in [0.1, 0.15) is 17.9 Å². The number of para-hydroxylation sites is 1. The topological polar surface area (TPSA) is 51.2 Å². The summed E-state index contributed by atoms with van der Waals surface area (Å²) < 4.78 is 6.61. The molecule has 0 radical (unpaired) electrons. The number of amides is 1. The molecule has 1 amide bonds. The SMILES string of the molecule is O=C(Nc1ccc(I)cn1)C1CCOc2ccccc21. The summed E-state index contributed by atoms with van der Waals surface area (Å²) in [4.78, 5) is 16.6. The molecule has 1 atom stereocenters. The van der Waals surface area contributed by atoms with E-state index in [1.54, 1.807) is 6.20 Å². The van der Waals surface area contributed by atoms with Gasteiger partial charge in [-0.3, -0.25) is 4.79 Å². The second-order valence-corrected chi connectivity index (χ2v) is 5.82. The maximum absolute atomic E-state index is 12.4. The molecule has 1 aliphatic rings. The van der Waals surface area contributed by atoms with Crippen LogP contribution >= 0.6 is 22.6 Å². The number of nitrogens with zero attached hydrogens (tertiary/aromatic N) is 1. The number of ether oxygens (including phenoxy) is 1. The van der Waals surface area contributed by atoms with Crippen LogP contribution in [0.25, 0.3) is 0 Å². The minimum Gasteiger partial charge on any atom is -0.493 e. The predicted molar refractivity (Wildman–Crippen MR) is 84.9 cm³/mol. The molecule has 5 heteroatoms. The lowest BCUT2D eigenvalue weighted by molar-refractivity contribution is -0.118. The van der Waals surface area contributed by atoms with Gasteiger partial charge in [0.1, 0.15) is 11.6 Å². The molecule has 1 unspecified atom stereocenters. The van der Waals surface area contributed by atoms with E-state index >= 15 is 0 Å². The Morgan fingerprint density at radius 2 is 2.15 bits per heavy atom. The van der Waals surface area contributed by atoms with Gasteiger partial charge in [-0.05, 0) is 47.2 Å². The standard InChI is InChI=1S/C15H13IN2O2/c16-10-5-6-14(17-9-10)18-15(19)12-7-8-20-13-4-2-1-3-11(12)13/h1-6,9,12H,7-8H2,(H,17,18,19). The van der Waals surface area contributed by atoms with E-state index in [1.807, 2.05) is 36.4 Å². The van der Waals surface area contributed by atoms with Crippen LogP contribution in [0.15, 0.2) is 42.6 Å². The minimum absolute atomic E-state index is 0.0329. The van der Waals surface area contributed by atoms with E-state index in [-0.39, 0.29) is 11.8 Å². The summed E-state index contributed by atoms with van der Waals surface area (Å²) in [5, 5.41) is 2.87. The average Bonchev–Trinajstić information content (AvgIpc) is 2.49. The fraction of sp³-hybridized carbons (Fsp3) is 0.200. The summed E-state index contributed by atoms with van der Waals surface area (Å²) in [7, 11) is 0. The summed E-state index contributed by atoms with van der Waals surface area (Å²) in [6.45, 7) is 0.565. The lowest BCUT2D eigenvalue weighted by atomic mass is 9.92. The predicted octanol–water partition coefficient (Wildman–Crippen LogP) is 3.19. The number of anilines is 1. The molecule has 102 valence electrons. The molecule has 1 N–H and O–H groups in total.